The van der Waals surface area contributed by atoms with E-state index in [1.807, 2.05) is 0 Å². The van der Waals surface area contributed by atoms with Crippen molar-refractivity contribution in [3.05, 3.63) is 35.9 Å². The molecule has 1 fully saturated rings. The van der Waals surface area contributed by atoms with Gasteiger partial charge in [0.2, 0.25) is 0 Å². The first-order chi connectivity index (χ1) is 8.40. The Hall–Kier alpha value is -0.860. The van der Waals surface area contributed by atoms with E-state index in [4.69, 9.17) is 4.74 Å². The predicted molar refractivity (Wildman–Crippen MR) is 71.0 cm³/mol. The van der Waals surface area contributed by atoms with Crippen LogP contribution in [0.25, 0.3) is 0 Å². The molecule has 2 unspecified atom stereocenters. The van der Waals surface area contributed by atoms with Crippen molar-refractivity contribution in [1.29, 1.82) is 0 Å². The first-order valence-corrected chi connectivity index (χ1v) is 6.76. The van der Waals surface area contributed by atoms with Gasteiger partial charge < -0.3 is 10.1 Å². The molecule has 2 heteroatoms. The molecule has 2 nitrogen and oxygen atoms in total. The summed E-state index contributed by atoms with van der Waals surface area (Å²) in [6.07, 6.45) is 3.66. The summed E-state index contributed by atoms with van der Waals surface area (Å²) in [5, 5.41) is 3.68. The molecule has 1 N–H and O–H groups in total. The molecule has 0 aromatic heterocycles. The third-order valence-electron chi connectivity index (χ3n) is 3.52. The summed E-state index contributed by atoms with van der Waals surface area (Å²) in [7, 11) is 0. The van der Waals surface area contributed by atoms with Gasteiger partial charge in [0.05, 0.1) is 6.61 Å². The Bertz CT molecular complexity index is 306. The lowest BCUT2D eigenvalue weighted by Crippen LogP contribution is -2.31. The van der Waals surface area contributed by atoms with Crippen molar-refractivity contribution in [2.24, 2.45) is 5.92 Å². The van der Waals surface area contributed by atoms with E-state index in [9.17, 15) is 0 Å². The maximum Gasteiger partial charge on any atom is 0.0506 e. The normalized spacial score (nSPS) is 22.3. The van der Waals surface area contributed by atoms with E-state index in [2.05, 4.69) is 42.6 Å². The van der Waals surface area contributed by atoms with Gasteiger partial charge in [0.25, 0.3) is 0 Å². The molecule has 17 heavy (non-hydrogen) atoms. The summed E-state index contributed by atoms with van der Waals surface area (Å²) in [5.74, 6) is 0.696. The van der Waals surface area contributed by atoms with Gasteiger partial charge in [-0.2, -0.15) is 0 Å². The molecule has 0 bridgehead atoms. The molecule has 2 atom stereocenters. The number of nitrogens with one attached hydrogen (secondary N) is 1. The van der Waals surface area contributed by atoms with Gasteiger partial charge in [-0.05, 0) is 30.7 Å². The zero-order valence-electron chi connectivity index (χ0n) is 10.7. The van der Waals surface area contributed by atoms with Crippen molar-refractivity contribution >= 4 is 0 Å². The zero-order chi connectivity index (χ0) is 11.9. The number of benzene rings is 1. The summed E-state index contributed by atoms with van der Waals surface area (Å²) in [6, 6.07) is 11.2. The first kappa shape index (κ1) is 12.6. The molecule has 0 radical (unpaired) electrons. The van der Waals surface area contributed by atoms with Crippen LogP contribution in [0.5, 0.6) is 0 Å². The molecule has 1 aromatic carbocycles. The smallest absolute Gasteiger partial charge is 0.0506 e. The molecule has 1 aliphatic heterocycles. The Labute approximate surface area is 104 Å². The molecule has 0 spiro atoms. The lowest BCUT2D eigenvalue weighted by atomic mass is 10.00. The third-order valence-corrected chi connectivity index (χ3v) is 3.52. The molecule has 1 aliphatic rings. The van der Waals surface area contributed by atoms with E-state index >= 15 is 0 Å². The summed E-state index contributed by atoms with van der Waals surface area (Å²) >= 11 is 0. The summed E-state index contributed by atoms with van der Waals surface area (Å²) in [6.45, 7) is 5.19. The standard InChI is InChI=1S/C15H23NO/c1-2-15(14-8-4-3-5-9-14)16-11-13-7-6-10-17-12-13/h3-5,8-9,13,15-16H,2,6-7,10-12H2,1H3. The zero-order valence-corrected chi connectivity index (χ0v) is 10.7. The minimum Gasteiger partial charge on any atom is -0.381 e. The van der Waals surface area contributed by atoms with Crippen LogP contribution < -0.4 is 5.32 Å². The molecule has 2 rings (SSSR count). The van der Waals surface area contributed by atoms with Crippen LogP contribution in [0, 0.1) is 5.92 Å². The van der Waals surface area contributed by atoms with Crippen LogP contribution >= 0.6 is 0 Å². The van der Waals surface area contributed by atoms with Crippen LogP contribution in [0.15, 0.2) is 30.3 Å². The van der Waals surface area contributed by atoms with Crippen molar-refractivity contribution in [1.82, 2.24) is 5.32 Å². The quantitative estimate of drug-likeness (QED) is 0.843. The van der Waals surface area contributed by atoms with Crippen LogP contribution in [-0.2, 0) is 4.74 Å². The van der Waals surface area contributed by atoms with Crippen molar-refractivity contribution in [3.8, 4) is 0 Å². The lowest BCUT2D eigenvalue weighted by molar-refractivity contribution is 0.0537. The number of hydrogen-bond donors (Lipinski definition) is 1. The lowest BCUT2D eigenvalue weighted by Gasteiger charge is -2.25. The van der Waals surface area contributed by atoms with Gasteiger partial charge in [0.15, 0.2) is 0 Å². The number of ether oxygens (including phenoxy) is 1. The van der Waals surface area contributed by atoms with Gasteiger partial charge in [-0.1, -0.05) is 37.3 Å². The highest BCUT2D eigenvalue weighted by atomic mass is 16.5. The maximum atomic E-state index is 5.51. The van der Waals surface area contributed by atoms with Crippen molar-refractivity contribution in [2.75, 3.05) is 19.8 Å². The molecule has 1 aromatic rings. The average Bonchev–Trinajstić information content (AvgIpc) is 2.42. The Balaban J connectivity index is 1.83. The van der Waals surface area contributed by atoms with Crippen molar-refractivity contribution in [2.45, 2.75) is 32.2 Å². The maximum absolute atomic E-state index is 5.51. The Morgan fingerprint density at radius 3 is 2.82 bits per heavy atom. The highest BCUT2D eigenvalue weighted by molar-refractivity contribution is 5.18. The summed E-state index contributed by atoms with van der Waals surface area (Å²) in [5.41, 5.74) is 1.40. The third kappa shape index (κ3) is 3.83. The fourth-order valence-corrected chi connectivity index (χ4v) is 2.46. The minimum absolute atomic E-state index is 0.484. The van der Waals surface area contributed by atoms with E-state index in [1.165, 1.54) is 18.4 Å². The van der Waals surface area contributed by atoms with Crippen LogP contribution in [0.2, 0.25) is 0 Å². The fraction of sp³-hybridized carbons (Fsp3) is 0.600. The summed E-state index contributed by atoms with van der Waals surface area (Å²) < 4.78 is 5.51. The highest BCUT2D eigenvalue weighted by Gasteiger charge is 2.15. The summed E-state index contributed by atoms with van der Waals surface area (Å²) in [4.78, 5) is 0. The second kappa shape index (κ2) is 6.77. The van der Waals surface area contributed by atoms with Crippen molar-refractivity contribution in [3.63, 3.8) is 0 Å². The van der Waals surface area contributed by atoms with Crippen LogP contribution in [0.4, 0.5) is 0 Å². The Morgan fingerprint density at radius 1 is 1.35 bits per heavy atom. The molecule has 1 heterocycles. The van der Waals surface area contributed by atoms with E-state index in [1.54, 1.807) is 0 Å². The van der Waals surface area contributed by atoms with Gasteiger partial charge in [-0.25, -0.2) is 0 Å². The molecule has 1 saturated heterocycles. The van der Waals surface area contributed by atoms with E-state index in [0.717, 1.165) is 26.2 Å². The minimum atomic E-state index is 0.484. The first-order valence-electron chi connectivity index (χ1n) is 6.76. The number of hydrogen-bond acceptors (Lipinski definition) is 2. The van der Waals surface area contributed by atoms with Crippen LogP contribution in [0.3, 0.4) is 0 Å². The monoisotopic (exact) mass is 233 g/mol. The van der Waals surface area contributed by atoms with E-state index < -0.39 is 0 Å². The predicted octanol–water partition coefficient (Wildman–Crippen LogP) is 3.15. The largest absolute Gasteiger partial charge is 0.381 e. The van der Waals surface area contributed by atoms with Crippen LogP contribution in [-0.4, -0.2) is 19.8 Å². The topological polar surface area (TPSA) is 21.3 Å². The van der Waals surface area contributed by atoms with Crippen LogP contribution in [0.1, 0.15) is 37.8 Å². The second-order valence-corrected chi connectivity index (χ2v) is 4.86. The van der Waals surface area contributed by atoms with Crippen molar-refractivity contribution < 1.29 is 4.74 Å². The molecular weight excluding hydrogens is 210 g/mol. The van der Waals surface area contributed by atoms with Gasteiger partial charge in [-0.3, -0.25) is 0 Å². The van der Waals surface area contributed by atoms with Gasteiger partial charge in [0, 0.05) is 19.2 Å². The highest BCUT2D eigenvalue weighted by Crippen LogP contribution is 2.18. The van der Waals surface area contributed by atoms with Gasteiger partial charge in [-0.15, -0.1) is 0 Å². The molecule has 0 aliphatic carbocycles. The van der Waals surface area contributed by atoms with E-state index in [-0.39, 0.29) is 0 Å². The Kier molecular flexibility index (Phi) is 5.02. The Morgan fingerprint density at radius 2 is 2.18 bits per heavy atom. The second-order valence-electron chi connectivity index (χ2n) is 4.86. The van der Waals surface area contributed by atoms with Gasteiger partial charge >= 0.3 is 0 Å². The van der Waals surface area contributed by atoms with Gasteiger partial charge in [0.1, 0.15) is 0 Å². The average molecular weight is 233 g/mol. The number of rotatable bonds is 5. The van der Waals surface area contributed by atoms with E-state index in [0.29, 0.717) is 12.0 Å². The fourth-order valence-electron chi connectivity index (χ4n) is 2.46. The molecular formula is C15H23NO. The molecule has 0 saturated carbocycles. The molecule has 94 valence electrons. The molecule has 0 amide bonds. The SMILES string of the molecule is CCC(NCC1CCCOC1)c1ccccc1.